The lowest BCUT2D eigenvalue weighted by atomic mass is 10.2. The molecule has 0 aliphatic rings. The number of aryl methyl sites for hydroxylation is 1. The van der Waals surface area contributed by atoms with Crippen LogP contribution in [0.3, 0.4) is 0 Å². The standard InChI is InChI=1S/C23H20Cl2N6O2/c24-19-6-2-4-17(22(19)25)14-31-20(7-9-27-31)29-23(33)16-3-1-5-18(13-16)28-21(32)8-11-30-12-10-26-15-30/h1-7,9-10,12-13,15H,8,11,14H2,(H,28,32)(H,29,33). The van der Waals surface area contributed by atoms with Gasteiger partial charge in [-0.15, -0.1) is 0 Å². The van der Waals surface area contributed by atoms with Crippen molar-refractivity contribution in [2.45, 2.75) is 19.5 Å². The van der Waals surface area contributed by atoms with E-state index < -0.39 is 0 Å². The zero-order valence-corrected chi connectivity index (χ0v) is 18.9. The van der Waals surface area contributed by atoms with Gasteiger partial charge in [-0.05, 0) is 29.8 Å². The third kappa shape index (κ3) is 5.79. The van der Waals surface area contributed by atoms with Gasteiger partial charge in [-0.3, -0.25) is 9.59 Å². The maximum Gasteiger partial charge on any atom is 0.256 e. The molecule has 0 spiro atoms. The van der Waals surface area contributed by atoms with Crippen molar-refractivity contribution < 1.29 is 9.59 Å². The molecule has 0 atom stereocenters. The minimum Gasteiger partial charge on any atom is -0.337 e. The Kier molecular flexibility index (Phi) is 7.07. The van der Waals surface area contributed by atoms with Gasteiger partial charge in [-0.25, -0.2) is 9.67 Å². The molecule has 0 aliphatic heterocycles. The second kappa shape index (κ2) is 10.3. The predicted molar refractivity (Wildman–Crippen MR) is 128 cm³/mol. The number of carbonyl (C=O) groups is 2. The normalized spacial score (nSPS) is 10.7. The number of amides is 2. The molecule has 2 aromatic heterocycles. The molecule has 0 radical (unpaired) electrons. The van der Waals surface area contributed by atoms with Crippen molar-refractivity contribution in [2.24, 2.45) is 0 Å². The molecule has 4 aromatic rings. The van der Waals surface area contributed by atoms with Crippen molar-refractivity contribution in [3.63, 3.8) is 0 Å². The summed E-state index contributed by atoms with van der Waals surface area (Å²) in [5, 5.41) is 10.8. The van der Waals surface area contributed by atoms with Crippen LogP contribution in [0.1, 0.15) is 22.3 Å². The summed E-state index contributed by atoms with van der Waals surface area (Å²) >= 11 is 12.4. The van der Waals surface area contributed by atoms with E-state index in [0.717, 1.165) is 5.56 Å². The van der Waals surface area contributed by atoms with Gasteiger partial charge in [0.05, 0.1) is 29.1 Å². The summed E-state index contributed by atoms with van der Waals surface area (Å²) in [4.78, 5) is 29.0. The molecule has 168 valence electrons. The van der Waals surface area contributed by atoms with Gasteiger partial charge >= 0.3 is 0 Å². The zero-order valence-electron chi connectivity index (χ0n) is 17.4. The molecular weight excluding hydrogens is 463 g/mol. The lowest BCUT2D eigenvalue weighted by Gasteiger charge is -2.12. The first-order chi connectivity index (χ1) is 16.0. The average molecular weight is 483 g/mol. The molecule has 0 unspecified atom stereocenters. The topological polar surface area (TPSA) is 93.8 Å². The van der Waals surface area contributed by atoms with Crippen molar-refractivity contribution in [3.8, 4) is 0 Å². The Morgan fingerprint density at radius 1 is 1.00 bits per heavy atom. The fraction of sp³-hybridized carbons (Fsp3) is 0.130. The number of hydrogen-bond acceptors (Lipinski definition) is 4. The van der Waals surface area contributed by atoms with Crippen molar-refractivity contribution in [1.82, 2.24) is 19.3 Å². The Morgan fingerprint density at radius 3 is 2.67 bits per heavy atom. The lowest BCUT2D eigenvalue weighted by molar-refractivity contribution is -0.116. The van der Waals surface area contributed by atoms with Gasteiger partial charge in [0.1, 0.15) is 5.82 Å². The van der Waals surface area contributed by atoms with Gasteiger partial charge in [0, 0.05) is 42.7 Å². The Hall–Kier alpha value is -3.62. The number of benzene rings is 2. The highest BCUT2D eigenvalue weighted by Crippen LogP contribution is 2.26. The molecular formula is C23H20Cl2N6O2. The SMILES string of the molecule is O=C(CCn1ccnc1)Nc1cccc(C(=O)Nc2ccnn2Cc2cccc(Cl)c2Cl)c1. The Morgan fingerprint density at radius 2 is 1.85 bits per heavy atom. The predicted octanol–water partition coefficient (Wildman–Crippen LogP) is 4.72. The molecule has 0 bridgehead atoms. The second-order valence-electron chi connectivity index (χ2n) is 7.22. The minimum atomic E-state index is -0.330. The summed E-state index contributed by atoms with van der Waals surface area (Å²) in [7, 11) is 0. The first-order valence-corrected chi connectivity index (χ1v) is 10.9. The smallest absolute Gasteiger partial charge is 0.256 e. The van der Waals surface area contributed by atoms with E-state index in [9.17, 15) is 9.59 Å². The highest BCUT2D eigenvalue weighted by Gasteiger charge is 2.13. The first kappa shape index (κ1) is 22.6. The monoisotopic (exact) mass is 482 g/mol. The van der Waals surface area contributed by atoms with Crippen molar-refractivity contribution in [2.75, 3.05) is 10.6 Å². The summed E-state index contributed by atoms with van der Waals surface area (Å²) in [5.74, 6) is 0.0204. The third-order valence-electron chi connectivity index (χ3n) is 4.87. The van der Waals surface area contributed by atoms with E-state index in [4.69, 9.17) is 23.2 Å². The largest absolute Gasteiger partial charge is 0.337 e. The van der Waals surface area contributed by atoms with Crippen molar-refractivity contribution in [1.29, 1.82) is 0 Å². The molecule has 33 heavy (non-hydrogen) atoms. The molecule has 0 fully saturated rings. The van der Waals surface area contributed by atoms with E-state index >= 15 is 0 Å². The fourth-order valence-corrected chi connectivity index (χ4v) is 3.58. The number of aromatic nitrogens is 4. The van der Waals surface area contributed by atoms with E-state index in [1.807, 2.05) is 10.6 Å². The average Bonchev–Trinajstić information content (AvgIpc) is 3.48. The van der Waals surface area contributed by atoms with E-state index in [1.54, 1.807) is 72.1 Å². The number of rotatable bonds is 8. The van der Waals surface area contributed by atoms with E-state index in [1.165, 1.54) is 0 Å². The summed E-state index contributed by atoms with van der Waals surface area (Å²) in [5.41, 5.74) is 1.72. The second-order valence-corrected chi connectivity index (χ2v) is 8.01. The zero-order chi connectivity index (χ0) is 23.2. The van der Waals surface area contributed by atoms with E-state index in [-0.39, 0.29) is 18.2 Å². The number of nitrogens with one attached hydrogen (secondary N) is 2. The number of nitrogens with zero attached hydrogens (tertiary/aromatic N) is 4. The molecule has 2 aromatic carbocycles. The van der Waals surface area contributed by atoms with Crippen LogP contribution >= 0.6 is 23.2 Å². The van der Waals surface area contributed by atoms with Gasteiger partial charge in [-0.1, -0.05) is 41.4 Å². The van der Waals surface area contributed by atoms with Crippen LogP contribution in [0, 0.1) is 0 Å². The van der Waals surface area contributed by atoms with Crippen LogP contribution in [0.15, 0.2) is 73.4 Å². The van der Waals surface area contributed by atoms with Crippen LogP contribution < -0.4 is 10.6 Å². The number of hydrogen-bond donors (Lipinski definition) is 2. The van der Waals surface area contributed by atoms with E-state index in [0.29, 0.717) is 40.2 Å². The number of anilines is 2. The first-order valence-electron chi connectivity index (χ1n) is 10.1. The summed E-state index contributed by atoms with van der Waals surface area (Å²) < 4.78 is 3.44. The molecule has 4 rings (SSSR count). The maximum atomic E-state index is 12.8. The number of carbonyl (C=O) groups excluding carboxylic acids is 2. The number of halogens is 2. The molecule has 0 saturated carbocycles. The van der Waals surface area contributed by atoms with Crippen LogP contribution in [-0.2, 0) is 17.9 Å². The van der Waals surface area contributed by atoms with Gasteiger partial charge < -0.3 is 15.2 Å². The molecule has 2 N–H and O–H groups in total. The molecule has 2 amide bonds. The highest BCUT2D eigenvalue weighted by atomic mass is 35.5. The van der Waals surface area contributed by atoms with Gasteiger partial charge in [-0.2, -0.15) is 5.10 Å². The highest BCUT2D eigenvalue weighted by molar-refractivity contribution is 6.42. The van der Waals surface area contributed by atoms with Crippen molar-refractivity contribution in [3.05, 3.63) is 94.6 Å². The van der Waals surface area contributed by atoms with Crippen LogP contribution in [-0.4, -0.2) is 31.1 Å². The summed E-state index contributed by atoms with van der Waals surface area (Å²) in [6.07, 6.45) is 6.99. The maximum absolute atomic E-state index is 12.8. The third-order valence-corrected chi connectivity index (χ3v) is 5.73. The lowest BCUT2D eigenvalue weighted by Crippen LogP contribution is -2.17. The van der Waals surface area contributed by atoms with Gasteiger partial charge in [0.2, 0.25) is 5.91 Å². The number of imidazole rings is 1. The summed E-state index contributed by atoms with van der Waals surface area (Å²) in [6, 6.07) is 13.8. The molecule has 0 saturated heterocycles. The Labute approximate surface area is 200 Å². The van der Waals surface area contributed by atoms with Crippen LogP contribution in [0.25, 0.3) is 0 Å². The summed E-state index contributed by atoms with van der Waals surface area (Å²) in [6.45, 7) is 0.863. The van der Waals surface area contributed by atoms with Crippen molar-refractivity contribution >= 4 is 46.5 Å². The molecule has 2 heterocycles. The van der Waals surface area contributed by atoms with Crippen LogP contribution in [0.2, 0.25) is 10.0 Å². The molecule has 10 heteroatoms. The fourth-order valence-electron chi connectivity index (χ4n) is 3.20. The molecule has 8 nitrogen and oxygen atoms in total. The van der Waals surface area contributed by atoms with Crippen LogP contribution in [0.4, 0.5) is 11.5 Å². The van der Waals surface area contributed by atoms with Gasteiger partial charge in [0.25, 0.3) is 5.91 Å². The van der Waals surface area contributed by atoms with E-state index in [2.05, 4.69) is 20.7 Å². The van der Waals surface area contributed by atoms with Gasteiger partial charge in [0.15, 0.2) is 0 Å². The quantitative estimate of drug-likeness (QED) is 0.380. The Balaban J connectivity index is 1.40. The Bertz CT molecular complexity index is 1270. The van der Waals surface area contributed by atoms with Crippen LogP contribution in [0.5, 0.6) is 0 Å². The molecule has 0 aliphatic carbocycles. The minimum absolute atomic E-state index is 0.155.